The van der Waals surface area contributed by atoms with Gasteiger partial charge in [-0.3, -0.25) is 14.4 Å². The van der Waals surface area contributed by atoms with Gasteiger partial charge in [0.15, 0.2) is 6.10 Å². The number of rotatable bonds is 55. The van der Waals surface area contributed by atoms with Gasteiger partial charge in [-0.05, 0) is 64.2 Å². The van der Waals surface area contributed by atoms with Crippen LogP contribution < -0.4 is 0 Å². The zero-order chi connectivity index (χ0) is 50.7. The summed E-state index contributed by atoms with van der Waals surface area (Å²) in [6, 6.07) is 0. The van der Waals surface area contributed by atoms with Gasteiger partial charge in [-0.25, -0.2) is 0 Å². The van der Waals surface area contributed by atoms with Crippen LogP contribution in [0, 0.1) is 0 Å². The molecule has 0 spiro atoms. The van der Waals surface area contributed by atoms with Gasteiger partial charge in [0.2, 0.25) is 0 Å². The van der Waals surface area contributed by atoms with Gasteiger partial charge in [-0.15, -0.1) is 0 Å². The lowest BCUT2D eigenvalue weighted by molar-refractivity contribution is -0.167. The molecule has 0 N–H and O–H groups in total. The summed E-state index contributed by atoms with van der Waals surface area (Å²) in [5.41, 5.74) is 0. The van der Waals surface area contributed by atoms with Crippen LogP contribution in [0.2, 0.25) is 0 Å². The number of unbranched alkanes of at least 4 members (excludes halogenated alkanes) is 34. The highest BCUT2D eigenvalue weighted by molar-refractivity contribution is 5.71. The van der Waals surface area contributed by atoms with Gasteiger partial charge >= 0.3 is 17.9 Å². The Morgan fingerprint density at radius 1 is 0.300 bits per heavy atom. The minimum atomic E-state index is -0.769. The maximum Gasteiger partial charge on any atom is 0.306 e. The largest absolute Gasteiger partial charge is 0.462 e. The van der Waals surface area contributed by atoms with Crippen LogP contribution in [0.5, 0.6) is 0 Å². The molecule has 6 nitrogen and oxygen atoms in total. The van der Waals surface area contributed by atoms with Gasteiger partial charge in [0.1, 0.15) is 13.2 Å². The predicted molar refractivity (Wildman–Crippen MR) is 302 cm³/mol. The third-order valence-corrected chi connectivity index (χ3v) is 13.3. The fraction of sp³-hybridized carbons (Fsp3) is 0.797. The highest BCUT2D eigenvalue weighted by atomic mass is 16.6. The molecule has 0 fully saturated rings. The van der Waals surface area contributed by atoms with E-state index in [1.165, 1.54) is 180 Å². The zero-order valence-corrected chi connectivity index (χ0v) is 46.5. The zero-order valence-electron chi connectivity index (χ0n) is 46.5. The number of carbonyl (C=O) groups excluding carboxylic acids is 3. The van der Waals surface area contributed by atoms with Crippen molar-refractivity contribution in [2.24, 2.45) is 0 Å². The lowest BCUT2D eigenvalue weighted by Crippen LogP contribution is -2.30. The van der Waals surface area contributed by atoms with E-state index in [0.717, 1.165) is 89.9 Å². The van der Waals surface area contributed by atoms with Gasteiger partial charge in [0.25, 0.3) is 0 Å². The van der Waals surface area contributed by atoms with Crippen LogP contribution in [0.25, 0.3) is 0 Å². The number of hydrogen-bond donors (Lipinski definition) is 0. The topological polar surface area (TPSA) is 78.9 Å². The van der Waals surface area contributed by atoms with Crippen LogP contribution >= 0.6 is 0 Å². The average molecular weight is 980 g/mol. The van der Waals surface area contributed by atoms with Crippen LogP contribution in [0.3, 0.4) is 0 Å². The molecule has 70 heavy (non-hydrogen) atoms. The lowest BCUT2D eigenvalue weighted by Gasteiger charge is -2.18. The Balaban J connectivity index is 4.08. The fourth-order valence-electron chi connectivity index (χ4n) is 8.77. The van der Waals surface area contributed by atoms with Crippen LogP contribution in [0.15, 0.2) is 60.8 Å². The second-order valence-electron chi connectivity index (χ2n) is 20.2. The number of esters is 3. The molecular weight excluding hydrogens is 865 g/mol. The molecule has 0 aromatic heterocycles. The predicted octanol–water partition coefficient (Wildman–Crippen LogP) is 20.4. The molecule has 1 atom stereocenters. The third-order valence-electron chi connectivity index (χ3n) is 13.3. The summed E-state index contributed by atoms with van der Waals surface area (Å²) < 4.78 is 16.8. The second-order valence-corrected chi connectivity index (χ2v) is 20.2. The van der Waals surface area contributed by atoms with Crippen LogP contribution in [0.1, 0.15) is 310 Å². The van der Waals surface area contributed by atoms with Crippen LogP contribution in [-0.4, -0.2) is 37.2 Å². The molecule has 0 rings (SSSR count). The Labute approximate surface area is 434 Å². The summed E-state index contributed by atoms with van der Waals surface area (Å²) in [5.74, 6) is -0.869. The first-order valence-corrected chi connectivity index (χ1v) is 30.3. The van der Waals surface area contributed by atoms with Crippen molar-refractivity contribution in [3.8, 4) is 0 Å². The van der Waals surface area contributed by atoms with Crippen molar-refractivity contribution in [1.29, 1.82) is 0 Å². The third kappa shape index (κ3) is 56.0. The quantitative estimate of drug-likeness (QED) is 0.0261. The molecule has 0 heterocycles. The maximum atomic E-state index is 12.8. The van der Waals surface area contributed by atoms with Crippen LogP contribution in [-0.2, 0) is 28.6 Å². The molecule has 406 valence electrons. The first-order valence-electron chi connectivity index (χ1n) is 30.3. The van der Waals surface area contributed by atoms with E-state index in [1.54, 1.807) is 0 Å². The SMILES string of the molecule is CC/C=C\C/C=C\C/C=C\C/C=C\C/C=C\CCCCCCCCCCCCCC(=O)OCC(COC(=O)CCCCCCCC)OC(=O)CCCCCCCCCCCCCCCCCCCCC. The Morgan fingerprint density at radius 2 is 0.557 bits per heavy atom. The van der Waals surface area contributed by atoms with E-state index in [0.29, 0.717) is 19.3 Å². The molecular formula is C64H114O6. The van der Waals surface area contributed by atoms with Gasteiger partial charge < -0.3 is 14.2 Å². The summed E-state index contributed by atoms with van der Waals surface area (Å²) in [5, 5.41) is 0. The van der Waals surface area contributed by atoms with Gasteiger partial charge in [-0.2, -0.15) is 0 Å². The van der Waals surface area contributed by atoms with E-state index in [-0.39, 0.29) is 31.1 Å². The van der Waals surface area contributed by atoms with Crippen molar-refractivity contribution >= 4 is 17.9 Å². The highest BCUT2D eigenvalue weighted by Gasteiger charge is 2.19. The van der Waals surface area contributed by atoms with E-state index in [4.69, 9.17) is 14.2 Å². The van der Waals surface area contributed by atoms with Crippen molar-refractivity contribution in [1.82, 2.24) is 0 Å². The highest BCUT2D eigenvalue weighted by Crippen LogP contribution is 2.17. The summed E-state index contributed by atoms with van der Waals surface area (Å²) >= 11 is 0. The molecule has 0 saturated carbocycles. The van der Waals surface area contributed by atoms with Crippen LogP contribution in [0.4, 0.5) is 0 Å². The molecule has 6 heteroatoms. The van der Waals surface area contributed by atoms with Gasteiger partial charge in [-0.1, -0.05) is 287 Å². The molecule has 1 unspecified atom stereocenters. The Bertz CT molecular complexity index is 1260. The molecule has 0 radical (unpaired) electrons. The molecule has 0 aromatic rings. The van der Waals surface area contributed by atoms with E-state index in [1.807, 2.05) is 0 Å². The van der Waals surface area contributed by atoms with Crippen molar-refractivity contribution in [3.63, 3.8) is 0 Å². The molecule has 0 saturated heterocycles. The standard InChI is InChI=1S/C64H114O6/c1-4-7-10-13-16-18-20-22-24-26-28-29-30-31-32-33-34-35-37-38-40-42-44-46-48-51-54-57-63(66)69-60-61(59-68-62(65)56-53-50-15-12-9-6-3)70-64(67)58-55-52-49-47-45-43-41-39-36-27-25-23-21-19-17-14-11-8-5-2/h7,10,16,18,22,24,28-29,31-32,61H,4-6,8-9,11-15,17,19-21,23,25-27,30,33-60H2,1-3H3/b10-7-,18-16-,24-22-,29-28-,32-31-. The summed E-state index contributed by atoms with van der Waals surface area (Å²) in [6.07, 6.45) is 74.0. The number of carbonyl (C=O) groups is 3. The number of ether oxygens (including phenoxy) is 3. The van der Waals surface area contributed by atoms with E-state index < -0.39 is 6.10 Å². The summed E-state index contributed by atoms with van der Waals surface area (Å²) in [6.45, 7) is 6.50. The molecule has 0 aromatic carbocycles. The maximum absolute atomic E-state index is 12.8. The van der Waals surface area contributed by atoms with Crippen molar-refractivity contribution in [2.75, 3.05) is 13.2 Å². The van der Waals surface area contributed by atoms with E-state index >= 15 is 0 Å². The lowest BCUT2D eigenvalue weighted by atomic mass is 10.0. The van der Waals surface area contributed by atoms with Gasteiger partial charge in [0, 0.05) is 19.3 Å². The van der Waals surface area contributed by atoms with Crippen molar-refractivity contribution in [2.45, 2.75) is 316 Å². The first kappa shape index (κ1) is 67.1. The Kier molecular flexibility index (Phi) is 56.3. The van der Waals surface area contributed by atoms with E-state index in [2.05, 4.69) is 81.5 Å². The molecule has 0 amide bonds. The normalized spacial score (nSPS) is 12.4. The number of allylic oxidation sites excluding steroid dienone is 10. The monoisotopic (exact) mass is 979 g/mol. The van der Waals surface area contributed by atoms with E-state index in [9.17, 15) is 14.4 Å². The van der Waals surface area contributed by atoms with Crippen molar-refractivity contribution < 1.29 is 28.6 Å². The molecule has 0 aliphatic heterocycles. The molecule has 0 aliphatic carbocycles. The first-order chi connectivity index (χ1) is 34.5. The minimum absolute atomic E-state index is 0.0714. The average Bonchev–Trinajstić information content (AvgIpc) is 3.36. The fourth-order valence-corrected chi connectivity index (χ4v) is 8.77. The Hall–Kier alpha value is -2.89. The smallest absolute Gasteiger partial charge is 0.306 e. The van der Waals surface area contributed by atoms with Crippen molar-refractivity contribution in [3.05, 3.63) is 60.8 Å². The molecule has 0 bridgehead atoms. The number of hydrogen-bond acceptors (Lipinski definition) is 6. The molecule has 0 aliphatic rings. The Morgan fingerprint density at radius 3 is 0.871 bits per heavy atom. The van der Waals surface area contributed by atoms with Gasteiger partial charge in [0.05, 0.1) is 0 Å². The minimum Gasteiger partial charge on any atom is -0.462 e. The second kappa shape index (κ2) is 58.7. The summed E-state index contributed by atoms with van der Waals surface area (Å²) in [7, 11) is 0. The summed E-state index contributed by atoms with van der Waals surface area (Å²) in [4.78, 5) is 37.9.